The molecule has 3 aromatic rings. The van der Waals surface area contributed by atoms with Crippen LogP contribution in [-0.4, -0.2) is 60.1 Å². The number of thiazole rings is 1. The molecule has 0 fully saturated rings. The predicted octanol–water partition coefficient (Wildman–Crippen LogP) is 5.65. The van der Waals surface area contributed by atoms with Crippen molar-refractivity contribution in [3.8, 4) is 0 Å². The maximum atomic E-state index is 5.25. The lowest BCUT2D eigenvalue weighted by atomic mass is 9.96. The highest BCUT2D eigenvalue weighted by molar-refractivity contribution is 7.22. The number of allylic oxidation sites excluding steroid dienone is 3. The predicted molar refractivity (Wildman–Crippen MR) is 153 cm³/mol. The van der Waals surface area contributed by atoms with E-state index in [1.54, 1.807) is 18.4 Å². The monoisotopic (exact) mass is 500 g/mol. The Kier molecular flexibility index (Phi) is 7.44. The van der Waals surface area contributed by atoms with Crippen LogP contribution in [0, 0.1) is 6.92 Å². The van der Waals surface area contributed by atoms with E-state index in [0.29, 0.717) is 0 Å². The van der Waals surface area contributed by atoms with E-state index < -0.39 is 0 Å². The lowest BCUT2D eigenvalue weighted by Gasteiger charge is -2.24. The Bertz CT molecular complexity index is 1410. The van der Waals surface area contributed by atoms with Crippen LogP contribution in [0.3, 0.4) is 0 Å². The maximum absolute atomic E-state index is 5.25. The highest BCUT2D eigenvalue weighted by atomic mass is 32.1. The molecule has 2 aromatic heterocycles. The standard InChI is InChI=1S/C29H33N5OS/c1-19-21(3)31-18-25(19)24-9-10-26-28(20(24)2)36-29(32-26)33-27-17-23(11-12-30-27)22-7-5-13-34(14-6-8-22)15-16-35-4/h7,9-12,17-18H,5-6,8,13-16H2,1-4H3/p+1. The van der Waals surface area contributed by atoms with Crippen LogP contribution in [0.2, 0.25) is 0 Å². The van der Waals surface area contributed by atoms with Crippen LogP contribution in [0.4, 0.5) is 10.9 Å². The van der Waals surface area contributed by atoms with Gasteiger partial charge in [-0.1, -0.05) is 28.1 Å². The van der Waals surface area contributed by atoms with Gasteiger partial charge in [0.15, 0.2) is 5.13 Å². The number of hydrogen-bond acceptors (Lipinski definition) is 6. The normalized spacial score (nSPS) is 16.8. The van der Waals surface area contributed by atoms with E-state index >= 15 is 0 Å². The van der Waals surface area contributed by atoms with E-state index in [1.165, 1.54) is 38.1 Å². The minimum atomic E-state index is 0.798. The largest absolute Gasteiger partial charge is 0.383 e. The van der Waals surface area contributed by atoms with Gasteiger partial charge in [-0.25, -0.2) is 9.97 Å². The Balaban J connectivity index is 1.34. The van der Waals surface area contributed by atoms with Gasteiger partial charge in [0.05, 0.1) is 22.4 Å². The summed E-state index contributed by atoms with van der Waals surface area (Å²) in [6, 6.07) is 8.55. The SMILES string of the molecule is COCCN1CCC=C(c2ccnc(Nc3nc4ccc(C5=C(C)C(C)=[N+]=C5)c(C)c4s3)c2)CCC1. The average molecular weight is 501 g/mol. The van der Waals surface area contributed by atoms with E-state index in [9.17, 15) is 0 Å². The molecule has 0 atom stereocenters. The fourth-order valence-corrected chi connectivity index (χ4v) is 5.91. The highest BCUT2D eigenvalue weighted by Gasteiger charge is 2.23. The van der Waals surface area contributed by atoms with Gasteiger partial charge in [0, 0.05) is 38.9 Å². The number of fused-ring (bicyclic) bond motifs is 1. The number of nitrogens with one attached hydrogen (secondary N) is 1. The first-order valence-electron chi connectivity index (χ1n) is 12.7. The zero-order valence-corrected chi connectivity index (χ0v) is 22.4. The minimum Gasteiger partial charge on any atom is -0.383 e. The number of methoxy groups -OCH3 is 1. The molecular weight excluding hydrogens is 466 g/mol. The third-order valence-corrected chi connectivity index (χ3v) is 8.27. The van der Waals surface area contributed by atoms with Crippen LogP contribution in [0.25, 0.3) is 21.4 Å². The molecule has 0 bridgehead atoms. The lowest BCUT2D eigenvalue weighted by molar-refractivity contribution is 0.147. The molecule has 0 unspecified atom stereocenters. The van der Waals surface area contributed by atoms with Gasteiger partial charge >= 0.3 is 11.9 Å². The Morgan fingerprint density at radius 2 is 2.06 bits per heavy atom. The molecule has 1 aromatic carbocycles. The van der Waals surface area contributed by atoms with Gasteiger partial charge in [0.2, 0.25) is 0 Å². The van der Waals surface area contributed by atoms with Gasteiger partial charge in [-0.15, -0.1) is 0 Å². The van der Waals surface area contributed by atoms with Gasteiger partial charge in [0.1, 0.15) is 5.82 Å². The number of anilines is 2. The summed E-state index contributed by atoms with van der Waals surface area (Å²) < 4.78 is 11.0. The quantitative estimate of drug-likeness (QED) is 0.425. The van der Waals surface area contributed by atoms with Gasteiger partial charge in [-0.05, 0) is 80.1 Å². The molecule has 6 nitrogen and oxygen atoms in total. The molecule has 0 saturated heterocycles. The number of rotatable bonds is 7. The van der Waals surface area contributed by atoms with Crippen molar-refractivity contribution < 1.29 is 4.74 Å². The van der Waals surface area contributed by atoms with Crippen molar-refractivity contribution in [1.82, 2.24) is 19.5 Å². The van der Waals surface area contributed by atoms with Crippen LogP contribution in [0.5, 0.6) is 0 Å². The molecule has 7 heteroatoms. The van der Waals surface area contributed by atoms with Crippen LogP contribution >= 0.6 is 11.3 Å². The first-order valence-corrected chi connectivity index (χ1v) is 13.5. The third kappa shape index (κ3) is 5.20. The second kappa shape index (κ2) is 10.9. The molecule has 0 saturated carbocycles. The zero-order valence-electron chi connectivity index (χ0n) is 21.6. The summed E-state index contributed by atoms with van der Waals surface area (Å²) in [5, 5.41) is 4.33. The van der Waals surface area contributed by atoms with Crippen LogP contribution in [-0.2, 0) is 4.74 Å². The van der Waals surface area contributed by atoms with Crippen LogP contribution in [0.1, 0.15) is 49.8 Å². The van der Waals surface area contributed by atoms with Crippen molar-refractivity contribution in [2.75, 3.05) is 38.7 Å². The number of aromatic nitrogens is 2. The molecule has 5 rings (SSSR count). The number of pyridine rings is 1. The summed E-state index contributed by atoms with van der Waals surface area (Å²) in [7, 11) is 1.77. The smallest absolute Gasteiger partial charge is 0.304 e. The van der Waals surface area contributed by atoms with Gasteiger partial charge in [0.25, 0.3) is 0 Å². The van der Waals surface area contributed by atoms with Crippen molar-refractivity contribution in [3.63, 3.8) is 0 Å². The van der Waals surface area contributed by atoms with E-state index in [1.807, 2.05) is 12.4 Å². The highest BCUT2D eigenvalue weighted by Crippen LogP contribution is 2.35. The molecule has 0 aliphatic carbocycles. The van der Waals surface area contributed by atoms with Crippen molar-refractivity contribution in [2.45, 2.75) is 40.0 Å². The van der Waals surface area contributed by atoms with Crippen molar-refractivity contribution >= 4 is 55.6 Å². The molecule has 0 radical (unpaired) electrons. The molecule has 1 N–H and O–H groups in total. The summed E-state index contributed by atoms with van der Waals surface area (Å²) in [6.45, 7) is 10.4. The summed E-state index contributed by atoms with van der Waals surface area (Å²) in [5.74, 6) is 0.834. The van der Waals surface area contributed by atoms with E-state index in [4.69, 9.17) is 9.72 Å². The lowest BCUT2D eigenvalue weighted by Crippen LogP contribution is -2.30. The van der Waals surface area contributed by atoms with E-state index in [0.717, 1.165) is 67.7 Å². The fraction of sp³-hybridized carbons (Fsp3) is 0.379. The van der Waals surface area contributed by atoms with Crippen molar-refractivity contribution in [2.24, 2.45) is 0 Å². The van der Waals surface area contributed by atoms with Gasteiger partial charge in [-0.3, -0.25) is 0 Å². The number of ether oxygens (including phenoxy) is 1. The minimum absolute atomic E-state index is 0.798. The summed E-state index contributed by atoms with van der Waals surface area (Å²) in [4.78, 5) is 11.9. The second-order valence-electron chi connectivity index (χ2n) is 9.50. The molecule has 186 valence electrons. The number of hydrogen-bond donors (Lipinski definition) is 1. The van der Waals surface area contributed by atoms with Crippen molar-refractivity contribution in [1.29, 1.82) is 0 Å². The molecule has 36 heavy (non-hydrogen) atoms. The Morgan fingerprint density at radius 3 is 2.86 bits per heavy atom. The topological polar surface area (TPSA) is 64.4 Å². The number of aryl methyl sites for hydroxylation is 1. The van der Waals surface area contributed by atoms with Gasteiger partial charge in [-0.2, -0.15) is 0 Å². The summed E-state index contributed by atoms with van der Waals surface area (Å²) in [6.07, 6.45) is 9.55. The van der Waals surface area contributed by atoms with Gasteiger partial charge < -0.3 is 15.0 Å². The average Bonchev–Trinajstić information content (AvgIpc) is 3.42. The number of nitrogens with zero attached hydrogens (tertiary/aromatic N) is 4. The fourth-order valence-electron chi connectivity index (χ4n) is 4.93. The second-order valence-corrected chi connectivity index (χ2v) is 10.5. The Hall–Kier alpha value is -3.09. The summed E-state index contributed by atoms with van der Waals surface area (Å²) >= 11 is 1.68. The van der Waals surface area contributed by atoms with E-state index in [-0.39, 0.29) is 0 Å². The van der Waals surface area contributed by atoms with Crippen molar-refractivity contribution in [3.05, 3.63) is 58.8 Å². The molecular formula is C29H34N5OS+. The number of benzene rings is 1. The summed E-state index contributed by atoms with van der Waals surface area (Å²) in [5.41, 5.74) is 9.67. The zero-order chi connectivity index (χ0) is 25.1. The van der Waals surface area contributed by atoms with E-state index in [2.05, 4.69) is 71.0 Å². The first-order chi connectivity index (χ1) is 17.5. The Labute approximate surface area is 217 Å². The molecule has 2 aliphatic heterocycles. The first kappa shape index (κ1) is 24.6. The maximum Gasteiger partial charge on any atom is 0.304 e. The van der Waals surface area contributed by atoms with Crippen LogP contribution in [0.15, 0.2) is 42.1 Å². The molecule has 0 amide bonds. The molecule has 0 spiro atoms. The third-order valence-electron chi connectivity index (χ3n) is 7.16. The Morgan fingerprint density at radius 1 is 1.17 bits per heavy atom. The molecule has 4 heterocycles. The molecule has 2 aliphatic rings. The van der Waals surface area contributed by atoms with Crippen LogP contribution < -0.4 is 9.98 Å².